The van der Waals surface area contributed by atoms with Crippen molar-refractivity contribution < 1.29 is 18.6 Å². The molecule has 11 heavy (non-hydrogen) atoms. The fourth-order valence-corrected chi connectivity index (χ4v) is 1.62. The van der Waals surface area contributed by atoms with Crippen molar-refractivity contribution in [1.29, 1.82) is 0 Å². The zero-order valence-electron chi connectivity index (χ0n) is 6.33. The quantitative estimate of drug-likeness (QED) is 0.548. The van der Waals surface area contributed by atoms with Crippen molar-refractivity contribution >= 4 is 0 Å². The van der Waals surface area contributed by atoms with E-state index >= 15 is 0 Å². The Kier molecular flexibility index (Phi) is 1.83. The van der Waals surface area contributed by atoms with Gasteiger partial charge >= 0.3 is 0 Å². The van der Waals surface area contributed by atoms with E-state index in [2.05, 4.69) is 0 Å². The number of methoxy groups -OCH3 is 1. The van der Waals surface area contributed by atoms with Crippen LogP contribution in [0.3, 0.4) is 0 Å². The van der Waals surface area contributed by atoms with Crippen molar-refractivity contribution in [2.75, 3.05) is 20.3 Å². The van der Waals surface area contributed by atoms with Crippen molar-refractivity contribution in [1.82, 2.24) is 0 Å². The molecular formula is C7H11FO3. The number of rotatable bonds is 1. The number of hydrogen-bond donors (Lipinski definition) is 0. The summed E-state index contributed by atoms with van der Waals surface area (Å²) in [6, 6.07) is 0. The topological polar surface area (TPSA) is 27.7 Å². The largest absolute Gasteiger partial charge is 0.376 e. The molecule has 0 aromatic rings. The third-order valence-corrected chi connectivity index (χ3v) is 2.25. The summed E-state index contributed by atoms with van der Waals surface area (Å²) in [6.45, 7) is 0.599. The molecule has 0 aromatic heterocycles. The Morgan fingerprint density at radius 2 is 2.00 bits per heavy atom. The van der Waals surface area contributed by atoms with Gasteiger partial charge in [-0.05, 0) is 0 Å². The van der Waals surface area contributed by atoms with Crippen LogP contribution in [0.5, 0.6) is 0 Å². The second-order valence-electron chi connectivity index (χ2n) is 2.89. The monoisotopic (exact) mass is 162 g/mol. The second kappa shape index (κ2) is 2.69. The Labute approximate surface area is 64.4 Å². The van der Waals surface area contributed by atoms with E-state index in [1.807, 2.05) is 0 Å². The van der Waals surface area contributed by atoms with Gasteiger partial charge in [0.1, 0.15) is 18.3 Å². The maximum absolute atomic E-state index is 12.9. The van der Waals surface area contributed by atoms with Crippen LogP contribution in [-0.4, -0.2) is 44.8 Å². The molecule has 4 atom stereocenters. The minimum absolute atomic E-state index is 0.0826. The SMILES string of the molecule is COC1COC2C(F)COC12. The Balaban J connectivity index is 2.04. The van der Waals surface area contributed by atoms with Crippen molar-refractivity contribution in [2.24, 2.45) is 0 Å². The summed E-state index contributed by atoms with van der Waals surface area (Å²) in [5.41, 5.74) is 0. The number of hydrogen-bond acceptors (Lipinski definition) is 3. The van der Waals surface area contributed by atoms with Gasteiger partial charge in [0.15, 0.2) is 6.17 Å². The lowest BCUT2D eigenvalue weighted by Crippen LogP contribution is -2.30. The molecule has 2 aliphatic rings. The molecule has 0 spiro atoms. The van der Waals surface area contributed by atoms with E-state index in [0.717, 1.165) is 0 Å². The molecule has 4 unspecified atom stereocenters. The van der Waals surface area contributed by atoms with Crippen molar-refractivity contribution in [3.63, 3.8) is 0 Å². The number of halogens is 1. The van der Waals surface area contributed by atoms with E-state index in [1.165, 1.54) is 0 Å². The van der Waals surface area contributed by atoms with E-state index in [1.54, 1.807) is 7.11 Å². The zero-order chi connectivity index (χ0) is 7.84. The van der Waals surface area contributed by atoms with Crippen molar-refractivity contribution in [3.8, 4) is 0 Å². The van der Waals surface area contributed by atoms with Crippen LogP contribution in [-0.2, 0) is 14.2 Å². The lowest BCUT2D eigenvalue weighted by Gasteiger charge is -2.12. The molecule has 64 valence electrons. The van der Waals surface area contributed by atoms with Gasteiger partial charge in [-0.15, -0.1) is 0 Å². The van der Waals surface area contributed by atoms with Crippen LogP contribution in [0.2, 0.25) is 0 Å². The fourth-order valence-electron chi connectivity index (χ4n) is 1.62. The van der Waals surface area contributed by atoms with Crippen LogP contribution in [0.1, 0.15) is 0 Å². The molecule has 4 heteroatoms. The lowest BCUT2D eigenvalue weighted by molar-refractivity contribution is -0.0103. The fraction of sp³-hybridized carbons (Fsp3) is 1.00. The average molecular weight is 162 g/mol. The maximum Gasteiger partial charge on any atom is 0.152 e. The highest BCUT2D eigenvalue weighted by Crippen LogP contribution is 2.29. The van der Waals surface area contributed by atoms with Crippen molar-refractivity contribution in [2.45, 2.75) is 24.5 Å². The molecule has 0 amide bonds. The van der Waals surface area contributed by atoms with Gasteiger partial charge in [-0.3, -0.25) is 0 Å². The van der Waals surface area contributed by atoms with Gasteiger partial charge < -0.3 is 14.2 Å². The van der Waals surface area contributed by atoms with E-state index < -0.39 is 6.17 Å². The standard InChI is InChI=1S/C7H11FO3/c1-9-5-3-11-6-4(8)2-10-7(5)6/h4-7H,2-3H2,1H3. The summed E-state index contributed by atoms with van der Waals surface area (Å²) in [7, 11) is 1.59. The molecule has 2 fully saturated rings. The Bertz CT molecular complexity index is 153. The highest BCUT2D eigenvalue weighted by Gasteiger charge is 2.48. The van der Waals surface area contributed by atoms with Crippen LogP contribution < -0.4 is 0 Å². The minimum Gasteiger partial charge on any atom is -0.376 e. The predicted molar refractivity (Wildman–Crippen MR) is 35.2 cm³/mol. The van der Waals surface area contributed by atoms with Crippen LogP contribution in [0.4, 0.5) is 4.39 Å². The third kappa shape index (κ3) is 1.06. The van der Waals surface area contributed by atoms with Gasteiger partial charge in [-0.25, -0.2) is 4.39 Å². The summed E-state index contributed by atoms with van der Waals surface area (Å²) < 4.78 is 28.3. The molecule has 2 aliphatic heterocycles. The average Bonchev–Trinajstić information content (AvgIpc) is 2.53. The smallest absolute Gasteiger partial charge is 0.152 e. The summed E-state index contributed by atoms with van der Waals surface area (Å²) >= 11 is 0. The van der Waals surface area contributed by atoms with E-state index in [-0.39, 0.29) is 24.9 Å². The summed E-state index contributed by atoms with van der Waals surface area (Å²) in [5.74, 6) is 0. The van der Waals surface area contributed by atoms with Gasteiger partial charge in [-0.1, -0.05) is 0 Å². The van der Waals surface area contributed by atoms with Gasteiger partial charge in [0.25, 0.3) is 0 Å². The normalized spacial score (nSPS) is 49.6. The first-order valence-electron chi connectivity index (χ1n) is 3.73. The molecule has 2 rings (SSSR count). The highest BCUT2D eigenvalue weighted by atomic mass is 19.1. The summed E-state index contributed by atoms with van der Waals surface area (Å²) in [4.78, 5) is 0. The Morgan fingerprint density at radius 1 is 1.27 bits per heavy atom. The number of fused-ring (bicyclic) bond motifs is 1. The third-order valence-electron chi connectivity index (χ3n) is 2.25. The van der Waals surface area contributed by atoms with Crippen molar-refractivity contribution in [3.05, 3.63) is 0 Å². The Hall–Kier alpha value is -0.190. The minimum atomic E-state index is -0.972. The predicted octanol–water partition coefficient (Wildman–Crippen LogP) is 0.137. The molecule has 0 radical (unpaired) electrons. The first kappa shape index (κ1) is 7.46. The van der Waals surface area contributed by atoms with Crippen LogP contribution in [0, 0.1) is 0 Å². The Morgan fingerprint density at radius 3 is 2.73 bits per heavy atom. The number of alkyl halides is 1. The van der Waals surface area contributed by atoms with Crippen LogP contribution in [0.15, 0.2) is 0 Å². The molecule has 0 N–H and O–H groups in total. The van der Waals surface area contributed by atoms with Gasteiger partial charge in [-0.2, -0.15) is 0 Å². The van der Waals surface area contributed by atoms with E-state index in [0.29, 0.717) is 6.61 Å². The summed E-state index contributed by atoms with van der Waals surface area (Å²) in [5, 5.41) is 0. The van der Waals surface area contributed by atoms with E-state index in [4.69, 9.17) is 14.2 Å². The lowest BCUT2D eigenvalue weighted by atomic mass is 10.1. The molecule has 0 aromatic carbocycles. The molecule has 2 heterocycles. The van der Waals surface area contributed by atoms with Gasteiger partial charge in [0.05, 0.1) is 13.2 Å². The van der Waals surface area contributed by atoms with Crippen LogP contribution in [0.25, 0.3) is 0 Å². The molecule has 0 aliphatic carbocycles. The zero-order valence-corrected chi connectivity index (χ0v) is 6.33. The highest BCUT2D eigenvalue weighted by molar-refractivity contribution is 4.94. The molecule has 3 nitrogen and oxygen atoms in total. The second-order valence-corrected chi connectivity index (χ2v) is 2.89. The maximum atomic E-state index is 12.9. The van der Waals surface area contributed by atoms with Gasteiger partial charge in [0.2, 0.25) is 0 Å². The molecular weight excluding hydrogens is 151 g/mol. The first-order valence-corrected chi connectivity index (χ1v) is 3.73. The molecule has 0 saturated carbocycles. The van der Waals surface area contributed by atoms with Crippen LogP contribution >= 0.6 is 0 Å². The first-order chi connectivity index (χ1) is 5.33. The molecule has 2 saturated heterocycles. The number of ether oxygens (including phenoxy) is 3. The molecule has 0 bridgehead atoms. The van der Waals surface area contributed by atoms with E-state index in [9.17, 15) is 4.39 Å². The summed E-state index contributed by atoms with van der Waals surface area (Å²) in [6.07, 6.45) is -1.63. The van der Waals surface area contributed by atoms with Gasteiger partial charge in [0, 0.05) is 7.11 Å².